The summed E-state index contributed by atoms with van der Waals surface area (Å²) in [5, 5.41) is 2.09. The summed E-state index contributed by atoms with van der Waals surface area (Å²) in [7, 11) is 2.04. The minimum absolute atomic E-state index is 0.000543. The highest BCUT2D eigenvalue weighted by molar-refractivity contribution is 7.18. The number of nitrogens with zero attached hydrogens (tertiary/aromatic N) is 3. The number of amides is 1. The van der Waals surface area contributed by atoms with Gasteiger partial charge in [0.15, 0.2) is 5.41 Å². The van der Waals surface area contributed by atoms with E-state index in [0.717, 1.165) is 42.6 Å². The van der Waals surface area contributed by atoms with Crippen molar-refractivity contribution in [3.05, 3.63) is 47.4 Å². The van der Waals surface area contributed by atoms with E-state index in [-0.39, 0.29) is 17.9 Å². The Hall–Kier alpha value is -2.11. The molecule has 2 aromatic rings. The van der Waals surface area contributed by atoms with Crippen LogP contribution in [0.25, 0.3) is 11.4 Å². The van der Waals surface area contributed by atoms with Crippen LogP contribution in [0.4, 0.5) is 4.39 Å². The van der Waals surface area contributed by atoms with Crippen LogP contribution in [0.2, 0.25) is 0 Å². The fourth-order valence-electron chi connectivity index (χ4n) is 3.19. The normalized spacial score (nSPS) is 19.0. The van der Waals surface area contributed by atoms with E-state index in [4.69, 9.17) is 9.26 Å². The second kappa shape index (κ2) is 9.80. The third-order valence-corrected chi connectivity index (χ3v) is 5.36. The Morgan fingerprint density at radius 3 is 2.70 bits per heavy atom. The second-order valence-electron chi connectivity index (χ2n) is 7.89. The SMILES string of the molecule is CC/C(C)=C/C(=O)N(Cc1ccc(-c2noc(C(C)(F)P)n2)cc1)CC1CCCO1. The van der Waals surface area contributed by atoms with Gasteiger partial charge in [-0.2, -0.15) is 4.98 Å². The molecule has 2 heterocycles. The number of aromatic nitrogens is 2. The van der Waals surface area contributed by atoms with Crippen LogP contribution < -0.4 is 0 Å². The summed E-state index contributed by atoms with van der Waals surface area (Å²) >= 11 is 0. The van der Waals surface area contributed by atoms with Gasteiger partial charge in [0.2, 0.25) is 11.7 Å². The molecule has 0 radical (unpaired) electrons. The van der Waals surface area contributed by atoms with Crippen LogP contribution in [0.1, 0.15) is 51.5 Å². The third kappa shape index (κ3) is 5.96. The molecular weight excluding hydrogens is 404 g/mol. The van der Waals surface area contributed by atoms with E-state index in [2.05, 4.69) is 10.1 Å². The molecule has 0 N–H and O–H groups in total. The van der Waals surface area contributed by atoms with Gasteiger partial charge in [-0.25, -0.2) is 4.39 Å². The molecule has 162 valence electrons. The molecule has 1 aliphatic rings. The van der Waals surface area contributed by atoms with Crippen LogP contribution >= 0.6 is 9.24 Å². The Balaban J connectivity index is 1.73. The topological polar surface area (TPSA) is 68.5 Å². The van der Waals surface area contributed by atoms with Crippen LogP contribution in [-0.4, -0.2) is 40.2 Å². The van der Waals surface area contributed by atoms with Crippen molar-refractivity contribution < 1.29 is 18.4 Å². The lowest BCUT2D eigenvalue weighted by atomic mass is 10.1. The molecule has 8 heteroatoms. The number of hydrogen-bond acceptors (Lipinski definition) is 5. The van der Waals surface area contributed by atoms with Gasteiger partial charge in [-0.1, -0.05) is 51.2 Å². The lowest BCUT2D eigenvalue weighted by Gasteiger charge is -2.25. The number of carbonyl (C=O) groups is 1. The number of alkyl halides is 1. The molecule has 1 aromatic carbocycles. The molecule has 1 aromatic heterocycles. The molecular formula is C22H29FN3O3P. The zero-order chi connectivity index (χ0) is 21.7. The molecule has 0 aliphatic carbocycles. The first-order chi connectivity index (χ1) is 14.3. The number of rotatable bonds is 8. The van der Waals surface area contributed by atoms with Gasteiger partial charge in [-0.05, 0) is 38.7 Å². The quantitative estimate of drug-likeness (QED) is 0.449. The molecule has 0 spiro atoms. The summed E-state index contributed by atoms with van der Waals surface area (Å²) in [5.74, 6) is 0.245. The Morgan fingerprint density at radius 1 is 1.40 bits per heavy atom. The highest BCUT2D eigenvalue weighted by Crippen LogP contribution is 2.32. The molecule has 1 amide bonds. The van der Waals surface area contributed by atoms with Gasteiger partial charge in [-0.15, -0.1) is 0 Å². The van der Waals surface area contributed by atoms with Gasteiger partial charge in [0.05, 0.1) is 6.10 Å². The third-order valence-electron chi connectivity index (χ3n) is 5.12. The van der Waals surface area contributed by atoms with Crippen molar-refractivity contribution >= 4 is 15.1 Å². The minimum atomic E-state index is -1.77. The fourth-order valence-corrected chi connectivity index (χ4v) is 3.31. The lowest BCUT2D eigenvalue weighted by Crippen LogP contribution is -2.36. The minimum Gasteiger partial charge on any atom is -0.376 e. The smallest absolute Gasteiger partial charge is 0.268 e. The van der Waals surface area contributed by atoms with E-state index in [1.165, 1.54) is 6.92 Å². The zero-order valence-corrected chi connectivity index (χ0v) is 18.9. The van der Waals surface area contributed by atoms with Gasteiger partial charge in [0, 0.05) is 31.3 Å². The van der Waals surface area contributed by atoms with E-state index < -0.39 is 5.41 Å². The standard InChI is InChI=1S/C22H29FN3O3P/c1-4-15(2)12-19(27)26(14-18-6-5-11-28-18)13-16-7-9-17(10-8-16)20-24-21(29-25-20)22(3,23)30/h7-10,12,18H,4-6,11,13-14,30H2,1-3H3/b15-12+. The Bertz CT molecular complexity index is 884. The van der Waals surface area contributed by atoms with E-state index in [1.807, 2.05) is 52.3 Å². The van der Waals surface area contributed by atoms with Crippen LogP contribution in [0.3, 0.4) is 0 Å². The average molecular weight is 433 g/mol. The first-order valence-electron chi connectivity index (χ1n) is 10.2. The molecule has 1 aliphatic heterocycles. The average Bonchev–Trinajstić information content (AvgIpc) is 3.39. The van der Waals surface area contributed by atoms with E-state index in [1.54, 1.807) is 6.08 Å². The highest BCUT2D eigenvalue weighted by Gasteiger charge is 2.27. The Labute approximate surface area is 179 Å². The predicted molar refractivity (Wildman–Crippen MR) is 116 cm³/mol. The van der Waals surface area contributed by atoms with E-state index in [0.29, 0.717) is 18.9 Å². The maximum atomic E-state index is 13.9. The summed E-state index contributed by atoms with van der Waals surface area (Å²) < 4.78 is 24.7. The number of halogens is 1. The number of ether oxygens (including phenoxy) is 1. The van der Waals surface area contributed by atoms with E-state index in [9.17, 15) is 9.18 Å². The van der Waals surface area contributed by atoms with E-state index >= 15 is 0 Å². The molecule has 30 heavy (non-hydrogen) atoms. The maximum Gasteiger partial charge on any atom is 0.268 e. The van der Waals surface area contributed by atoms with Crippen molar-refractivity contribution in [3.63, 3.8) is 0 Å². The number of carbonyl (C=O) groups excluding carboxylic acids is 1. The summed E-state index contributed by atoms with van der Waals surface area (Å²) in [6.07, 6.45) is 4.65. The van der Waals surface area contributed by atoms with Crippen molar-refractivity contribution in [1.29, 1.82) is 0 Å². The van der Waals surface area contributed by atoms with Crippen molar-refractivity contribution in [2.75, 3.05) is 13.2 Å². The monoisotopic (exact) mass is 433 g/mol. The van der Waals surface area contributed by atoms with Crippen LogP contribution in [-0.2, 0) is 21.5 Å². The molecule has 6 nitrogen and oxygen atoms in total. The van der Waals surface area contributed by atoms with Gasteiger partial charge in [0.25, 0.3) is 5.89 Å². The van der Waals surface area contributed by atoms with Crippen LogP contribution in [0.15, 0.2) is 40.4 Å². The number of allylic oxidation sites excluding steroid dienone is 1. The lowest BCUT2D eigenvalue weighted by molar-refractivity contribution is -0.128. The van der Waals surface area contributed by atoms with Crippen molar-refractivity contribution in [3.8, 4) is 11.4 Å². The first-order valence-corrected chi connectivity index (χ1v) is 10.8. The predicted octanol–water partition coefficient (Wildman–Crippen LogP) is 4.62. The maximum absolute atomic E-state index is 13.9. The zero-order valence-electron chi connectivity index (χ0n) is 17.7. The van der Waals surface area contributed by atoms with Gasteiger partial charge < -0.3 is 14.2 Å². The molecule has 1 saturated heterocycles. The van der Waals surface area contributed by atoms with Crippen LogP contribution in [0.5, 0.6) is 0 Å². The number of hydrogen-bond donors (Lipinski definition) is 0. The second-order valence-corrected chi connectivity index (χ2v) is 8.98. The Kier molecular flexibility index (Phi) is 7.37. The molecule has 3 atom stereocenters. The van der Waals surface area contributed by atoms with Crippen LogP contribution in [0, 0.1) is 0 Å². The molecule has 3 rings (SSSR count). The van der Waals surface area contributed by atoms with Gasteiger partial charge in [-0.3, -0.25) is 4.79 Å². The first kappa shape index (κ1) is 22.6. The van der Waals surface area contributed by atoms with Gasteiger partial charge >= 0.3 is 0 Å². The number of benzene rings is 1. The van der Waals surface area contributed by atoms with Crippen molar-refractivity contribution in [1.82, 2.24) is 15.0 Å². The molecule has 0 saturated carbocycles. The molecule has 0 bridgehead atoms. The van der Waals surface area contributed by atoms with Crippen molar-refractivity contribution in [2.24, 2.45) is 0 Å². The summed E-state index contributed by atoms with van der Waals surface area (Å²) in [4.78, 5) is 18.8. The van der Waals surface area contributed by atoms with Crippen molar-refractivity contribution in [2.45, 2.75) is 58.1 Å². The fraction of sp³-hybridized carbons (Fsp3) is 0.500. The largest absolute Gasteiger partial charge is 0.376 e. The molecule has 1 fully saturated rings. The summed E-state index contributed by atoms with van der Waals surface area (Å²) in [5.41, 5.74) is 2.76. The summed E-state index contributed by atoms with van der Waals surface area (Å²) in [6.45, 7) is 7.16. The summed E-state index contributed by atoms with van der Waals surface area (Å²) in [6, 6.07) is 7.55. The van der Waals surface area contributed by atoms with Gasteiger partial charge in [0.1, 0.15) is 0 Å². The highest BCUT2D eigenvalue weighted by atomic mass is 31.0. The Morgan fingerprint density at radius 2 is 2.13 bits per heavy atom. The molecule has 3 unspecified atom stereocenters.